The molecular weight excluding hydrogens is 448 g/mol. The summed E-state index contributed by atoms with van der Waals surface area (Å²) in [6.07, 6.45) is 4.22. The molecule has 0 amide bonds. The van der Waals surface area contributed by atoms with E-state index in [0.717, 1.165) is 51.4 Å². The minimum Gasteiger partial charge on any atom is -0.481 e. The molecule has 4 heterocycles. The average molecular weight is 471 g/mol. The number of nitrogen functional groups attached to an aromatic ring is 1. The lowest BCUT2D eigenvalue weighted by molar-refractivity contribution is -0.142. The Kier molecular flexibility index (Phi) is 4.99. The maximum Gasteiger partial charge on any atom is 0.306 e. The van der Waals surface area contributed by atoms with Crippen molar-refractivity contribution in [1.29, 1.82) is 0 Å². The molecule has 8 nitrogen and oxygen atoms in total. The molecule has 0 unspecified atom stereocenters. The van der Waals surface area contributed by atoms with Crippen LogP contribution in [0.3, 0.4) is 0 Å². The number of benzene rings is 1. The van der Waals surface area contributed by atoms with Gasteiger partial charge in [-0.25, -0.2) is 19.5 Å². The maximum atomic E-state index is 11.4. The molecule has 4 aromatic heterocycles. The molecule has 0 atom stereocenters. The lowest BCUT2D eigenvalue weighted by Crippen LogP contribution is -2.21. The van der Waals surface area contributed by atoms with Gasteiger partial charge < -0.3 is 10.8 Å². The number of carboxylic acid groups (broad SMARTS) is 1. The zero-order valence-corrected chi connectivity index (χ0v) is 19.1. The molecule has 5 aromatic rings. The van der Waals surface area contributed by atoms with Crippen LogP contribution in [-0.2, 0) is 4.79 Å². The van der Waals surface area contributed by atoms with Crippen molar-refractivity contribution in [3.05, 3.63) is 60.0 Å². The standard InChI is InChI=1S/C25H22N6O2S/c26-23-22-21(17-8-3-14-9-10-18(29-19(14)12-17)20-2-1-11-34-20)30-24(31(22)28-13-27-23)15-4-6-16(7-5-15)25(32)33/h1-3,8-13,15-16H,4-7H2,(H,32,33)(H2,26,27,28). The Hall–Kier alpha value is -3.85. The summed E-state index contributed by atoms with van der Waals surface area (Å²) in [7, 11) is 0. The number of carboxylic acids is 1. The summed E-state index contributed by atoms with van der Waals surface area (Å²) in [4.78, 5) is 26.6. The first-order valence-electron chi connectivity index (χ1n) is 11.3. The summed E-state index contributed by atoms with van der Waals surface area (Å²) >= 11 is 1.66. The first kappa shape index (κ1) is 20.7. The van der Waals surface area contributed by atoms with Gasteiger partial charge in [-0.3, -0.25) is 4.79 Å². The van der Waals surface area contributed by atoms with Gasteiger partial charge in [0.05, 0.1) is 22.0 Å². The van der Waals surface area contributed by atoms with Gasteiger partial charge in [0.25, 0.3) is 0 Å². The molecular formula is C25H22N6O2S. The van der Waals surface area contributed by atoms with Crippen LogP contribution in [0.4, 0.5) is 5.82 Å². The van der Waals surface area contributed by atoms with Gasteiger partial charge in [-0.05, 0) is 49.3 Å². The minimum atomic E-state index is -0.718. The topological polar surface area (TPSA) is 119 Å². The van der Waals surface area contributed by atoms with Crippen LogP contribution >= 0.6 is 11.3 Å². The highest BCUT2D eigenvalue weighted by Crippen LogP contribution is 2.38. The quantitative estimate of drug-likeness (QED) is 0.379. The summed E-state index contributed by atoms with van der Waals surface area (Å²) in [5.41, 5.74) is 10.4. The van der Waals surface area contributed by atoms with Gasteiger partial charge in [-0.1, -0.05) is 24.3 Å². The van der Waals surface area contributed by atoms with E-state index in [0.29, 0.717) is 24.2 Å². The summed E-state index contributed by atoms with van der Waals surface area (Å²) in [5, 5.41) is 16.9. The summed E-state index contributed by atoms with van der Waals surface area (Å²) in [6.45, 7) is 0. The van der Waals surface area contributed by atoms with Crippen LogP contribution in [0.5, 0.6) is 0 Å². The van der Waals surface area contributed by atoms with Gasteiger partial charge in [0.1, 0.15) is 23.4 Å². The van der Waals surface area contributed by atoms with Crippen LogP contribution in [0, 0.1) is 5.92 Å². The van der Waals surface area contributed by atoms with Crippen LogP contribution < -0.4 is 5.73 Å². The molecule has 0 bridgehead atoms. The minimum absolute atomic E-state index is 0.121. The third-order valence-electron chi connectivity index (χ3n) is 6.67. The third-order valence-corrected chi connectivity index (χ3v) is 7.56. The number of fused-ring (bicyclic) bond motifs is 2. The number of carbonyl (C=O) groups is 1. The molecule has 0 aliphatic heterocycles. The number of hydrogen-bond acceptors (Lipinski definition) is 7. The van der Waals surface area contributed by atoms with Crippen molar-refractivity contribution in [1.82, 2.24) is 24.6 Å². The molecule has 0 spiro atoms. The van der Waals surface area contributed by atoms with Gasteiger partial charge in [0, 0.05) is 16.9 Å². The number of aliphatic carboxylic acids is 1. The molecule has 1 saturated carbocycles. The molecule has 34 heavy (non-hydrogen) atoms. The highest BCUT2D eigenvalue weighted by Gasteiger charge is 2.30. The number of imidazole rings is 1. The molecule has 1 aliphatic rings. The highest BCUT2D eigenvalue weighted by molar-refractivity contribution is 7.13. The fourth-order valence-corrected chi connectivity index (χ4v) is 5.56. The van der Waals surface area contributed by atoms with E-state index >= 15 is 0 Å². The molecule has 170 valence electrons. The average Bonchev–Trinajstić information content (AvgIpc) is 3.53. The van der Waals surface area contributed by atoms with Gasteiger partial charge in [0.2, 0.25) is 0 Å². The molecule has 1 fully saturated rings. The van der Waals surface area contributed by atoms with Crippen LogP contribution in [0.25, 0.3) is 38.2 Å². The van der Waals surface area contributed by atoms with E-state index in [9.17, 15) is 9.90 Å². The summed E-state index contributed by atoms with van der Waals surface area (Å²) in [5.74, 6) is 0.289. The Morgan fingerprint density at radius 3 is 2.68 bits per heavy atom. The number of anilines is 1. The fourth-order valence-electron chi connectivity index (χ4n) is 4.87. The Balaban J connectivity index is 1.45. The lowest BCUT2D eigenvalue weighted by Gasteiger charge is -2.24. The number of aromatic nitrogens is 5. The SMILES string of the molecule is Nc1ncnn2c(C3CCC(C(=O)O)CC3)nc(-c3ccc4ccc(-c5cccs5)nc4c3)c12. The first-order chi connectivity index (χ1) is 16.6. The second kappa shape index (κ2) is 8.18. The van der Waals surface area contributed by atoms with E-state index in [1.165, 1.54) is 6.33 Å². The largest absolute Gasteiger partial charge is 0.481 e. The van der Waals surface area contributed by atoms with E-state index in [2.05, 4.69) is 22.2 Å². The normalized spacial score (nSPS) is 18.5. The van der Waals surface area contributed by atoms with Gasteiger partial charge >= 0.3 is 5.97 Å². The van der Waals surface area contributed by atoms with Crippen molar-refractivity contribution in [2.24, 2.45) is 5.92 Å². The Labute approximate surface area is 199 Å². The van der Waals surface area contributed by atoms with Crippen LogP contribution in [0.1, 0.15) is 37.4 Å². The van der Waals surface area contributed by atoms with Crippen molar-refractivity contribution >= 4 is 39.5 Å². The number of hydrogen-bond donors (Lipinski definition) is 2. The van der Waals surface area contributed by atoms with Crippen LogP contribution in [-0.4, -0.2) is 35.6 Å². The second-order valence-corrected chi connectivity index (χ2v) is 9.64. The Morgan fingerprint density at radius 1 is 1.09 bits per heavy atom. The number of rotatable bonds is 4. The van der Waals surface area contributed by atoms with E-state index in [-0.39, 0.29) is 11.8 Å². The van der Waals surface area contributed by atoms with Gasteiger partial charge in [-0.15, -0.1) is 11.3 Å². The van der Waals surface area contributed by atoms with Crippen molar-refractivity contribution < 1.29 is 9.90 Å². The zero-order valence-electron chi connectivity index (χ0n) is 18.3. The molecule has 0 radical (unpaired) electrons. The van der Waals surface area contributed by atoms with Crippen molar-refractivity contribution in [2.45, 2.75) is 31.6 Å². The third kappa shape index (κ3) is 3.49. The number of nitrogens with zero attached hydrogens (tertiary/aromatic N) is 5. The van der Waals surface area contributed by atoms with E-state index in [1.54, 1.807) is 15.9 Å². The number of pyridine rings is 1. The monoisotopic (exact) mass is 470 g/mol. The molecule has 3 N–H and O–H groups in total. The number of thiophene rings is 1. The first-order valence-corrected chi connectivity index (χ1v) is 12.1. The van der Waals surface area contributed by atoms with E-state index < -0.39 is 5.97 Å². The smallest absolute Gasteiger partial charge is 0.306 e. The fraction of sp³-hybridized carbons (Fsp3) is 0.240. The van der Waals surface area contributed by atoms with E-state index in [4.69, 9.17) is 15.7 Å². The molecule has 6 rings (SSSR count). The predicted octanol–water partition coefficient (Wildman–Crippen LogP) is 5.01. The zero-order chi connectivity index (χ0) is 23.2. The van der Waals surface area contributed by atoms with Crippen LogP contribution in [0.15, 0.2) is 54.2 Å². The predicted molar refractivity (Wildman–Crippen MR) is 132 cm³/mol. The van der Waals surface area contributed by atoms with Crippen molar-refractivity contribution in [3.8, 4) is 21.8 Å². The summed E-state index contributed by atoms with van der Waals surface area (Å²) < 4.78 is 1.78. The van der Waals surface area contributed by atoms with E-state index in [1.807, 2.05) is 35.7 Å². The maximum absolute atomic E-state index is 11.4. The van der Waals surface area contributed by atoms with Gasteiger partial charge in [-0.2, -0.15) is 5.10 Å². The van der Waals surface area contributed by atoms with Gasteiger partial charge in [0.15, 0.2) is 5.82 Å². The highest BCUT2D eigenvalue weighted by atomic mass is 32.1. The van der Waals surface area contributed by atoms with Crippen molar-refractivity contribution in [3.63, 3.8) is 0 Å². The Morgan fingerprint density at radius 2 is 1.91 bits per heavy atom. The summed E-state index contributed by atoms with van der Waals surface area (Å²) in [6, 6.07) is 14.3. The molecule has 1 aromatic carbocycles. The molecule has 1 aliphatic carbocycles. The lowest BCUT2D eigenvalue weighted by atomic mass is 9.82. The van der Waals surface area contributed by atoms with Crippen LogP contribution in [0.2, 0.25) is 0 Å². The second-order valence-electron chi connectivity index (χ2n) is 8.69. The van der Waals surface area contributed by atoms with Crippen molar-refractivity contribution in [2.75, 3.05) is 5.73 Å². The number of nitrogens with two attached hydrogens (primary N) is 1. The Bertz CT molecular complexity index is 1520. The molecule has 0 saturated heterocycles. The molecule has 9 heteroatoms.